The average Bonchev–Trinajstić information content (AvgIpc) is 2.47. The van der Waals surface area contributed by atoms with Gasteiger partial charge in [-0.15, -0.1) is 0 Å². The summed E-state index contributed by atoms with van der Waals surface area (Å²) in [4.78, 5) is 0. The molecular weight excluding hydrogens is 252 g/mol. The minimum atomic E-state index is -0.970. The maximum Gasteiger partial charge on any atom is 0.103 e. The number of rotatable bonds is 15. The lowest BCUT2D eigenvalue weighted by Gasteiger charge is -2.14. The number of aliphatic hydroxyl groups excluding tert-OH is 3. The maximum absolute atomic E-state index is 9.47. The van der Waals surface area contributed by atoms with E-state index in [1.165, 1.54) is 64.2 Å². The minimum Gasteiger partial charge on any atom is -0.394 e. The van der Waals surface area contributed by atoms with E-state index in [1.54, 1.807) is 0 Å². The van der Waals surface area contributed by atoms with Crippen LogP contribution in [0.2, 0.25) is 0 Å². The fourth-order valence-corrected chi connectivity index (χ4v) is 2.51. The Morgan fingerprint density at radius 3 is 1.40 bits per heavy atom. The van der Waals surface area contributed by atoms with E-state index in [2.05, 4.69) is 6.92 Å². The first-order valence-corrected chi connectivity index (χ1v) is 8.69. The Kier molecular flexibility index (Phi) is 15.2. The molecule has 0 fully saturated rings. The van der Waals surface area contributed by atoms with Gasteiger partial charge in [-0.25, -0.2) is 0 Å². The van der Waals surface area contributed by atoms with Gasteiger partial charge in [-0.3, -0.25) is 0 Å². The van der Waals surface area contributed by atoms with Crippen molar-refractivity contribution in [3.05, 3.63) is 0 Å². The van der Waals surface area contributed by atoms with Crippen LogP contribution in [0.25, 0.3) is 0 Å². The number of hydrogen-bond donors (Lipinski definition) is 3. The van der Waals surface area contributed by atoms with Crippen molar-refractivity contribution in [2.24, 2.45) is 0 Å². The molecule has 0 amide bonds. The summed E-state index contributed by atoms with van der Waals surface area (Å²) in [6.07, 6.45) is 14.4. The van der Waals surface area contributed by atoms with Crippen molar-refractivity contribution in [1.29, 1.82) is 0 Å². The van der Waals surface area contributed by atoms with Gasteiger partial charge in [-0.05, 0) is 6.42 Å². The fraction of sp³-hybridized carbons (Fsp3) is 1.00. The summed E-state index contributed by atoms with van der Waals surface area (Å²) in [5, 5.41) is 27.4. The molecule has 20 heavy (non-hydrogen) atoms. The highest BCUT2D eigenvalue weighted by atomic mass is 16.4. The van der Waals surface area contributed by atoms with E-state index < -0.39 is 12.2 Å². The molecule has 122 valence electrons. The Balaban J connectivity index is 3.10. The second-order valence-electron chi connectivity index (χ2n) is 6.00. The summed E-state index contributed by atoms with van der Waals surface area (Å²) in [6, 6.07) is 0. The molecule has 0 bridgehead atoms. The summed E-state index contributed by atoms with van der Waals surface area (Å²) in [6.45, 7) is 1.91. The lowest BCUT2D eigenvalue weighted by molar-refractivity contribution is -0.0185. The van der Waals surface area contributed by atoms with Crippen molar-refractivity contribution in [3.8, 4) is 0 Å². The van der Waals surface area contributed by atoms with E-state index in [-0.39, 0.29) is 6.61 Å². The first-order valence-electron chi connectivity index (χ1n) is 8.69. The molecule has 0 aliphatic heterocycles. The molecular formula is C17H36O3. The molecule has 1 unspecified atom stereocenters. The maximum atomic E-state index is 9.47. The molecule has 3 N–H and O–H groups in total. The highest BCUT2D eigenvalue weighted by Crippen LogP contribution is 2.13. The van der Waals surface area contributed by atoms with Crippen LogP contribution in [0.5, 0.6) is 0 Å². The van der Waals surface area contributed by atoms with Gasteiger partial charge in [-0.2, -0.15) is 0 Å². The normalized spacial score (nSPS) is 14.4. The van der Waals surface area contributed by atoms with Crippen LogP contribution in [0.3, 0.4) is 0 Å². The lowest BCUT2D eigenvalue weighted by Crippen LogP contribution is -2.28. The third-order valence-electron chi connectivity index (χ3n) is 3.98. The lowest BCUT2D eigenvalue weighted by atomic mass is 10.0. The van der Waals surface area contributed by atoms with Gasteiger partial charge in [0, 0.05) is 0 Å². The highest BCUT2D eigenvalue weighted by Gasteiger charge is 2.13. The Hall–Kier alpha value is -0.120. The zero-order valence-electron chi connectivity index (χ0n) is 13.4. The van der Waals surface area contributed by atoms with Gasteiger partial charge < -0.3 is 15.3 Å². The van der Waals surface area contributed by atoms with Crippen LogP contribution in [-0.4, -0.2) is 34.1 Å². The van der Waals surface area contributed by atoms with Crippen LogP contribution in [-0.2, 0) is 0 Å². The SMILES string of the molecule is CCCCCCCCCCCCCCC(O)[C@@H](O)CO. The van der Waals surface area contributed by atoms with Crippen LogP contribution >= 0.6 is 0 Å². The minimum absolute atomic E-state index is 0.348. The Morgan fingerprint density at radius 1 is 0.600 bits per heavy atom. The quantitative estimate of drug-likeness (QED) is 0.402. The second-order valence-corrected chi connectivity index (χ2v) is 6.00. The van der Waals surface area contributed by atoms with Gasteiger partial charge in [-0.1, -0.05) is 84.0 Å². The zero-order valence-corrected chi connectivity index (χ0v) is 13.4. The summed E-state index contributed by atoms with van der Waals surface area (Å²) in [5.74, 6) is 0. The van der Waals surface area contributed by atoms with Crippen molar-refractivity contribution in [3.63, 3.8) is 0 Å². The number of aliphatic hydroxyl groups is 3. The van der Waals surface area contributed by atoms with Crippen LogP contribution in [0, 0.1) is 0 Å². The zero-order chi connectivity index (χ0) is 15.1. The molecule has 3 nitrogen and oxygen atoms in total. The van der Waals surface area contributed by atoms with E-state index in [0.717, 1.165) is 12.8 Å². The summed E-state index contributed by atoms with van der Waals surface area (Å²) < 4.78 is 0. The van der Waals surface area contributed by atoms with Gasteiger partial charge in [0.2, 0.25) is 0 Å². The van der Waals surface area contributed by atoms with Gasteiger partial charge in [0.25, 0.3) is 0 Å². The van der Waals surface area contributed by atoms with Gasteiger partial charge in [0.1, 0.15) is 6.10 Å². The molecule has 0 aliphatic rings. The molecule has 0 aromatic carbocycles. The smallest absolute Gasteiger partial charge is 0.103 e. The van der Waals surface area contributed by atoms with Gasteiger partial charge in [0.05, 0.1) is 12.7 Å². The Bertz CT molecular complexity index is 185. The van der Waals surface area contributed by atoms with Crippen LogP contribution in [0.1, 0.15) is 90.4 Å². The van der Waals surface area contributed by atoms with Crippen molar-refractivity contribution in [1.82, 2.24) is 0 Å². The highest BCUT2D eigenvalue weighted by molar-refractivity contribution is 4.65. The van der Waals surface area contributed by atoms with Crippen molar-refractivity contribution in [2.45, 2.75) is 103 Å². The van der Waals surface area contributed by atoms with E-state index in [9.17, 15) is 10.2 Å². The molecule has 3 heteroatoms. The van der Waals surface area contributed by atoms with E-state index in [4.69, 9.17) is 5.11 Å². The number of unbranched alkanes of at least 4 members (excludes halogenated alkanes) is 11. The number of hydrogen-bond acceptors (Lipinski definition) is 3. The standard InChI is InChI=1S/C17H36O3/c1-2-3-4-5-6-7-8-9-10-11-12-13-14-16(19)17(20)15-18/h16-20H,2-15H2,1H3/t16?,17-/m0/s1. The van der Waals surface area contributed by atoms with Crippen LogP contribution in [0.4, 0.5) is 0 Å². The molecule has 0 aromatic heterocycles. The van der Waals surface area contributed by atoms with E-state index >= 15 is 0 Å². The van der Waals surface area contributed by atoms with Crippen molar-refractivity contribution < 1.29 is 15.3 Å². The molecule has 2 atom stereocenters. The van der Waals surface area contributed by atoms with Crippen molar-refractivity contribution >= 4 is 0 Å². The molecule has 0 saturated carbocycles. The molecule has 0 heterocycles. The molecule has 0 radical (unpaired) electrons. The summed E-state index contributed by atoms with van der Waals surface area (Å²) in [7, 11) is 0. The largest absolute Gasteiger partial charge is 0.394 e. The molecule has 0 aliphatic carbocycles. The van der Waals surface area contributed by atoms with E-state index in [0.29, 0.717) is 6.42 Å². The topological polar surface area (TPSA) is 60.7 Å². The van der Waals surface area contributed by atoms with Crippen molar-refractivity contribution in [2.75, 3.05) is 6.61 Å². The third kappa shape index (κ3) is 12.9. The Morgan fingerprint density at radius 2 is 1.00 bits per heavy atom. The molecule has 0 spiro atoms. The van der Waals surface area contributed by atoms with E-state index in [1.807, 2.05) is 0 Å². The fourth-order valence-electron chi connectivity index (χ4n) is 2.51. The molecule has 0 saturated heterocycles. The first-order chi connectivity index (χ1) is 9.72. The molecule has 0 rings (SSSR count). The first kappa shape index (κ1) is 19.9. The predicted molar refractivity (Wildman–Crippen MR) is 84.8 cm³/mol. The second kappa shape index (κ2) is 15.3. The van der Waals surface area contributed by atoms with Crippen LogP contribution in [0.15, 0.2) is 0 Å². The monoisotopic (exact) mass is 288 g/mol. The van der Waals surface area contributed by atoms with Gasteiger partial charge >= 0.3 is 0 Å². The van der Waals surface area contributed by atoms with Crippen LogP contribution < -0.4 is 0 Å². The predicted octanol–water partition coefficient (Wildman–Crippen LogP) is 3.79. The molecule has 0 aromatic rings. The summed E-state index contributed by atoms with van der Waals surface area (Å²) in [5.41, 5.74) is 0. The summed E-state index contributed by atoms with van der Waals surface area (Å²) >= 11 is 0. The average molecular weight is 288 g/mol. The Labute approximate surface area is 125 Å². The third-order valence-corrected chi connectivity index (χ3v) is 3.98. The van der Waals surface area contributed by atoms with Gasteiger partial charge in [0.15, 0.2) is 0 Å².